The molecule has 68 heavy (non-hydrogen) atoms. The van der Waals surface area contributed by atoms with Crippen molar-refractivity contribution < 1.29 is 30.0 Å². The van der Waals surface area contributed by atoms with E-state index in [0.29, 0.717) is 71.4 Å². The number of carbonyl (C=O) groups is 1. The number of aliphatic hydroxyl groups excluding tert-OH is 1. The van der Waals surface area contributed by atoms with Crippen LogP contribution in [-0.2, 0) is 29.8 Å². The number of ketones is 1. The number of aryl methyl sites for hydroxylation is 2. The highest BCUT2D eigenvalue weighted by Gasteiger charge is 2.37. The van der Waals surface area contributed by atoms with Crippen molar-refractivity contribution in [3.8, 4) is 29.1 Å². The molecule has 8 bridgehead atoms. The predicted octanol–water partition coefficient (Wildman–Crippen LogP) is 10.0. The topological polar surface area (TPSA) is 174 Å². The normalized spacial score (nSPS) is 22.4. The monoisotopic (exact) mass is 950 g/mol. The number of fused-ring (bicyclic) bond motifs is 9. The molecule has 11 heteroatoms. The lowest BCUT2D eigenvalue weighted by atomic mass is 9.76. The third kappa shape index (κ3) is 12.7. The van der Waals surface area contributed by atoms with Gasteiger partial charge in [-0.25, -0.2) is 0 Å². The Morgan fingerprint density at radius 2 is 1.75 bits per heavy atom. The van der Waals surface area contributed by atoms with Crippen LogP contribution in [0.4, 0.5) is 0 Å². The quantitative estimate of drug-likeness (QED) is 0.0617. The summed E-state index contributed by atoms with van der Waals surface area (Å²) in [4.78, 5) is 18.1. The van der Waals surface area contributed by atoms with E-state index in [0.717, 1.165) is 84.9 Å². The second-order valence-electron chi connectivity index (χ2n) is 19.3. The van der Waals surface area contributed by atoms with Gasteiger partial charge >= 0.3 is 0 Å². The first-order chi connectivity index (χ1) is 32.9. The van der Waals surface area contributed by atoms with Crippen LogP contribution in [0.5, 0.6) is 17.2 Å². The molecular weight excluding hydrogens is 887 g/mol. The summed E-state index contributed by atoms with van der Waals surface area (Å²) in [6.45, 7) is 2.12. The molecule has 4 aromatic carbocycles. The molecule has 0 radical (unpaired) electrons. The van der Waals surface area contributed by atoms with Crippen LogP contribution in [0.25, 0.3) is 0 Å². The summed E-state index contributed by atoms with van der Waals surface area (Å²) in [6.07, 6.45) is 15.7. The minimum Gasteiger partial charge on any atom is -0.875 e. The summed E-state index contributed by atoms with van der Waals surface area (Å²) in [7, 11) is 3.61. The first-order valence-electron chi connectivity index (χ1n) is 24.2. The number of allylic oxidation sites excluding steroid dienone is 5. The number of ether oxygens (including phenoxy) is 1. The van der Waals surface area contributed by atoms with Crippen molar-refractivity contribution >= 4 is 33.1 Å². The van der Waals surface area contributed by atoms with Crippen LogP contribution < -0.4 is 21.3 Å². The molecule has 1 saturated carbocycles. The fraction of sp³-hybridized carbons (Fsp3) is 0.404. The first-order valence-corrected chi connectivity index (χ1v) is 26.7. The van der Waals surface area contributed by atoms with Crippen LogP contribution in [0.3, 0.4) is 0 Å². The summed E-state index contributed by atoms with van der Waals surface area (Å²) < 4.78 is 6.17. The minimum atomic E-state index is -0.760. The molecule has 0 spiro atoms. The number of aliphatic imine (C=N–C) groups is 1. The van der Waals surface area contributed by atoms with Gasteiger partial charge in [-0.15, -0.1) is 5.76 Å². The van der Waals surface area contributed by atoms with Crippen LogP contribution in [0.1, 0.15) is 128 Å². The second-order valence-corrected chi connectivity index (χ2v) is 21.8. The highest BCUT2D eigenvalue weighted by Crippen LogP contribution is 2.50. The molecule has 2 aliphatic heterocycles. The van der Waals surface area contributed by atoms with E-state index >= 15 is 0 Å². The SMILES string of the molecule is C[C@H](O)C[C@H](CCc1ccccc1)CC[C@]12/C=C/C(=O)CCc3ccc(O)c(c3)OCCc3ccc(O)c(c3)[C@H]3CC([O-])=C4C=CN=C4CC#Cc4cc(C(N)N)c(cc43)CSSC[C@H](CC1)C2. The number of aromatic hydroxyl groups is 2. The maximum atomic E-state index is 14.2. The van der Waals surface area contributed by atoms with Gasteiger partial charge in [0.15, 0.2) is 17.3 Å². The number of phenols is 2. The van der Waals surface area contributed by atoms with E-state index in [1.807, 2.05) is 60.2 Å². The first kappa shape index (κ1) is 49.2. The van der Waals surface area contributed by atoms with Gasteiger partial charge in [0, 0.05) is 47.6 Å². The average molecular weight is 951 g/mol. The fourth-order valence-corrected chi connectivity index (χ4v) is 13.0. The van der Waals surface area contributed by atoms with Crippen LogP contribution in [0.15, 0.2) is 120 Å². The van der Waals surface area contributed by atoms with Gasteiger partial charge in [-0.3, -0.25) is 9.79 Å². The van der Waals surface area contributed by atoms with Gasteiger partial charge in [0.25, 0.3) is 0 Å². The van der Waals surface area contributed by atoms with Gasteiger partial charge < -0.3 is 36.6 Å². The highest BCUT2D eigenvalue weighted by atomic mass is 33.1. The standard InChI is InChI=1S/C57H65N3O6S2/c1-37(61)28-40(11-10-38-6-3-2-4-7-38)18-23-57-24-19-42(34-57)35-67-68-36-44-32-47-43(31-48(44)56(58)59)8-5-9-51-46(21-26-60-51)54(65)33-49(47)50-29-41(13-16-52(50)63)22-27-66-55-30-39(14-17-53(55)64)12-15-45(62)20-25-57/h2-4,6-7,13-14,16-17,20-21,25-26,29-32,37,40,42,49,56,61,63-65H,9-12,15,18-19,22-24,27-28,33-36,58-59H2,1H3/p-1/b25-20+,54-46?/t37-,40+,42+,49-,57+/m0/s1. The largest absolute Gasteiger partial charge is 0.875 e. The summed E-state index contributed by atoms with van der Waals surface area (Å²) >= 11 is 0. The third-order valence-corrected chi connectivity index (χ3v) is 16.6. The number of carbonyl (C=O) groups excluding carboxylic acids is 1. The molecule has 4 aliphatic rings. The smallest absolute Gasteiger partial charge is 0.161 e. The van der Waals surface area contributed by atoms with Gasteiger partial charge in [0.05, 0.1) is 31.0 Å². The van der Waals surface area contributed by atoms with Crippen molar-refractivity contribution in [3.05, 3.63) is 159 Å². The highest BCUT2D eigenvalue weighted by molar-refractivity contribution is 8.76. The molecule has 2 aliphatic carbocycles. The molecule has 9 nitrogen and oxygen atoms in total. The second kappa shape index (κ2) is 22.9. The van der Waals surface area contributed by atoms with Crippen LogP contribution in [0, 0.1) is 29.1 Å². The molecule has 356 valence electrons. The summed E-state index contributed by atoms with van der Waals surface area (Å²) in [5.74, 6) is 8.89. The Morgan fingerprint density at radius 1 is 0.941 bits per heavy atom. The van der Waals surface area contributed by atoms with Crippen LogP contribution >= 0.6 is 21.6 Å². The van der Waals surface area contributed by atoms with E-state index < -0.39 is 12.1 Å². The number of phenolic OH excluding ortho intramolecular Hbond substituents is 2. The van der Waals surface area contributed by atoms with E-state index in [2.05, 4.69) is 53.2 Å². The number of nitrogens with zero attached hydrogens (tertiary/aromatic N) is 1. The number of hydrogen-bond donors (Lipinski definition) is 5. The predicted molar refractivity (Wildman–Crippen MR) is 274 cm³/mol. The Kier molecular flexibility index (Phi) is 16.6. The molecule has 4 aromatic rings. The number of nitrogens with two attached hydrogens (primary N) is 2. The Labute approximate surface area is 409 Å². The van der Waals surface area contributed by atoms with Gasteiger partial charge in [-0.2, -0.15) is 0 Å². The van der Waals surface area contributed by atoms with Crippen LogP contribution in [0.2, 0.25) is 0 Å². The fourth-order valence-electron chi connectivity index (χ4n) is 10.4. The molecule has 2 heterocycles. The Bertz CT molecular complexity index is 2630. The average Bonchev–Trinajstić information content (AvgIpc) is 3.98. The molecule has 7 N–H and O–H groups in total. The zero-order chi connectivity index (χ0) is 47.6. The van der Waals surface area contributed by atoms with Crippen molar-refractivity contribution in [1.29, 1.82) is 0 Å². The summed E-state index contributed by atoms with van der Waals surface area (Å²) in [5, 5.41) is 47.1. The zero-order valence-electron chi connectivity index (χ0n) is 39.0. The van der Waals surface area contributed by atoms with Crippen molar-refractivity contribution in [2.75, 3.05) is 12.4 Å². The molecule has 0 saturated heterocycles. The number of aliphatic hydroxyl groups is 1. The Hall–Kier alpha value is -5.22. The van der Waals surface area contributed by atoms with E-state index in [1.165, 1.54) is 5.56 Å². The summed E-state index contributed by atoms with van der Waals surface area (Å²) in [6, 6.07) is 25.3. The van der Waals surface area contributed by atoms with Crippen LogP contribution in [-0.4, -0.2) is 45.3 Å². The molecule has 0 amide bonds. The Balaban J connectivity index is 1.11. The molecule has 1 fully saturated rings. The third-order valence-electron chi connectivity index (χ3n) is 14.2. The van der Waals surface area contributed by atoms with Gasteiger partial charge in [-0.05, 0) is 164 Å². The maximum absolute atomic E-state index is 14.2. The van der Waals surface area contributed by atoms with Gasteiger partial charge in [0.1, 0.15) is 5.75 Å². The van der Waals surface area contributed by atoms with Gasteiger partial charge in [-0.1, -0.05) is 94.1 Å². The van der Waals surface area contributed by atoms with E-state index in [1.54, 1.807) is 35.2 Å². The van der Waals surface area contributed by atoms with Crippen molar-refractivity contribution in [1.82, 2.24) is 0 Å². The van der Waals surface area contributed by atoms with E-state index in [9.17, 15) is 25.2 Å². The van der Waals surface area contributed by atoms with Crippen molar-refractivity contribution in [2.45, 2.75) is 114 Å². The molecule has 0 unspecified atom stereocenters. The number of rotatable bonds is 9. The van der Waals surface area contributed by atoms with E-state index in [-0.39, 0.29) is 47.6 Å². The minimum absolute atomic E-state index is 0.0157. The number of benzene rings is 4. The maximum Gasteiger partial charge on any atom is 0.161 e. The van der Waals surface area contributed by atoms with E-state index in [4.69, 9.17) is 16.2 Å². The lowest BCUT2D eigenvalue weighted by Gasteiger charge is -2.29. The Morgan fingerprint density at radius 3 is 2.56 bits per heavy atom. The lowest BCUT2D eigenvalue weighted by Crippen LogP contribution is -2.23. The molecular formula is C57H64N3O6S2-. The molecule has 8 rings (SSSR count). The molecule has 0 aromatic heterocycles. The van der Waals surface area contributed by atoms with Crippen molar-refractivity contribution in [3.63, 3.8) is 0 Å². The van der Waals surface area contributed by atoms with Gasteiger partial charge in [0.2, 0.25) is 0 Å². The van der Waals surface area contributed by atoms with Crippen molar-refractivity contribution in [2.24, 2.45) is 33.7 Å². The molecule has 5 atom stereocenters. The lowest BCUT2D eigenvalue weighted by molar-refractivity contribution is -0.307. The summed E-state index contributed by atoms with van der Waals surface area (Å²) in [5.41, 5.74) is 21.0. The zero-order valence-corrected chi connectivity index (χ0v) is 40.6. The number of hydrogen-bond acceptors (Lipinski definition) is 11.